The molecule has 0 N–H and O–H groups in total. The van der Waals surface area contributed by atoms with Crippen LogP contribution < -0.4 is 13.9 Å². The van der Waals surface area contributed by atoms with Gasteiger partial charge in [0.05, 0.1) is 13.7 Å². The number of aryl methyl sites for hydroxylation is 1. The van der Waals surface area contributed by atoms with Gasteiger partial charge < -0.3 is 19.3 Å². The molecule has 0 spiro atoms. The molecule has 2 aromatic carbocycles. The number of carbonyl (C=O) groups excluding carboxylic acids is 1. The summed E-state index contributed by atoms with van der Waals surface area (Å²) in [5, 5.41) is 0. The van der Waals surface area contributed by atoms with Crippen molar-refractivity contribution in [1.29, 1.82) is 0 Å². The molecule has 0 unspecified atom stereocenters. The molecule has 1 amide bonds. The fraction of sp³-hybridized carbons (Fsp3) is 0.419. The molecule has 1 saturated heterocycles. The number of sulfonamides is 1. The van der Waals surface area contributed by atoms with Crippen LogP contribution in [0.4, 0.5) is 29.5 Å². The van der Waals surface area contributed by atoms with E-state index in [2.05, 4.69) is 4.98 Å². The van der Waals surface area contributed by atoms with Gasteiger partial charge in [0.1, 0.15) is 23.0 Å². The highest BCUT2D eigenvalue weighted by molar-refractivity contribution is 7.92. The number of aromatic nitrogens is 1. The number of carbonyl (C=O) groups is 1. The molecule has 1 aromatic heterocycles. The van der Waals surface area contributed by atoms with E-state index >= 15 is 8.78 Å². The summed E-state index contributed by atoms with van der Waals surface area (Å²) in [6, 6.07) is 9.22. The second kappa shape index (κ2) is 12.5. The van der Waals surface area contributed by atoms with E-state index in [1.807, 2.05) is 6.92 Å². The summed E-state index contributed by atoms with van der Waals surface area (Å²) in [5.41, 5.74) is 0.559. The molecule has 0 aliphatic carbocycles. The second-order valence-electron chi connectivity index (χ2n) is 11.8. The third kappa shape index (κ3) is 6.87. The lowest BCUT2D eigenvalue weighted by atomic mass is 10.1. The van der Waals surface area contributed by atoms with Crippen LogP contribution in [0.15, 0.2) is 47.4 Å². The first-order valence-corrected chi connectivity index (χ1v) is 15.5. The van der Waals surface area contributed by atoms with Crippen molar-refractivity contribution >= 4 is 27.6 Å². The highest BCUT2D eigenvalue weighted by Crippen LogP contribution is 2.36. The van der Waals surface area contributed by atoms with Gasteiger partial charge in [-0.25, -0.2) is 31.3 Å². The number of likely N-dealkylation sites (tertiary alicyclic amines) is 1. The fourth-order valence-electron chi connectivity index (χ4n) is 5.10. The molecule has 0 bridgehead atoms. The molecule has 4 rings (SSSR count). The molecule has 0 radical (unpaired) electrons. The number of hydrogen-bond donors (Lipinski definition) is 0. The van der Waals surface area contributed by atoms with Crippen molar-refractivity contribution in [2.45, 2.75) is 64.1 Å². The Bertz CT molecular complexity index is 1660. The highest BCUT2D eigenvalue weighted by Gasteiger charge is 2.37. The molecule has 1 aliphatic heterocycles. The Labute approximate surface area is 256 Å². The van der Waals surface area contributed by atoms with Crippen molar-refractivity contribution in [3.63, 3.8) is 0 Å². The molecule has 1 aliphatic rings. The Morgan fingerprint density at radius 2 is 1.82 bits per heavy atom. The van der Waals surface area contributed by atoms with Crippen molar-refractivity contribution in [2.24, 2.45) is 0 Å². The van der Waals surface area contributed by atoms with Crippen molar-refractivity contribution in [2.75, 3.05) is 36.5 Å². The van der Waals surface area contributed by atoms with Gasteiger partial charge in [0.15, 0.2) is 10.7 Å². The van der Waals surface area contributed by atoms with Crippen LogP contribution in [-0.4, -0.2) is 63.3 Å². The molecular formula is C31H37F3N4O5S. The zero-order valence-electron chi connectivity index (χ0n) is 25.8. The molecule has 0 saturated carbocycles. The first-order chi connectivity index (χ1) is 20.5. The van der Waals surface area contributed by atoms with Crippen molar-refractivity contribution in [3.05, 3.63) is 76.7 Å². The Kier molecular flexibility index (Phi) is 9.38. The Hall–Kier alpha value is -4.00. The summed E-state index contributed by atoms with van der Waals surface area (Å²) >= 11 is 0. The van der Waals surface area contributed by atoms with E-state index in [-0.39, 0.29) is 29.7 Å². The predicted octanol–water partition coefficient (Wildman–Crippen LogP) is 5.97. The summed E-state index contributed by atoms with van der Waals surface area (Å²) in [6.07, 6.45) is 0.0239. The van der Waals surface area contributed by atoms with Crippen LogP contribution in [0.3, 0.4) is 0 Å². The van der Waals surface area contributed by atoms with E-state index in [9.17, 15) is 17.6 Å². The molecule has 44 heavy (non-hydrogen) atoms. The smallest absolute Gasteiger partial charge is 0.410 e. The molecule has 1 fully saturated rings. The number of halogens is 3. The van der Waals surface area contributed by atoms with Gasteiger partial charge in [-0.1, -0.05) is 18.2 Å². The van der Waals surface area contributed by atoms with Crippen molar-refractivity contribution in [1.82, 2.24) is 9.88 Å². The van der Waals surface area contributed by atoms with E-state index in [0.29, 0.717) is 28.6 Å². The standard InChI is InChI=1S/C31H37F3N4O5S/c1-19-11-12-21(25(15-19)42-7)17-38(27-10-8-9-26(33)35-27)44(40,41)29-23(32)16-24(20(2)28(29)34)36(6)22-13-14-37(18-22)30(39)43-31(3,4)5/h8-12,15-16,22H,13-14,17-18H2,1-7H3/t22-/m0/s1. The van der Waals surface area contributed by atoms with Gasteiger partial charge in [-0.15, -0.1) is 0 Å². The number of ether oxygens (including phenoxy) is 2. The first kappa shape index (κ1) is 32.9. The minimum atomic E-state index is -4.98. The maximum absolute atomic E-state index is 16.1. The van der Waals surface area contributed by atoms with Gasteiger partial charge in [-0.05, 0) is 70.9 Å². The quantitative estimate of drug-likeness (QED) is 0.282. The Balaban J connectivity index is 1.72. The summed E-state index contributed by atoms with van der Waals surface area (Å²) in [6.45, 7) is 8.66. The minimum Gasteiger partial charge on any atom is -0.496 e. The number of anilines is 2. The number of benzene rings is 2. The van der Waals surface area contributed by atoms with E-state index < -0.39 is 50.7 Å². The van der Waals surface area contributed by atoms with Crippen LogP contribution in [-0.2, 0) is 21.3 Å². The lowest BCUT2D eigenvalue weighted by molar-refractivity contribution is 0.0292. The third-order valence-electron chi connectivity index (χ3n) is 7.40. The van der Waals surface area contributed by atoms with E-state index in [1.54, 1.807) is 50.9 Å². The molecule has 13 heteroatoms. The largest absolute Gasteiger partial charge is 0.496 e. The monoisotopic (exact) mass is 634 g/mol. The number of nitrogens with zero attached hydrogens (tertiary/aromatic N) is 4. The van der Waals surface area contributed by atoms with E-state index in [1.165, 1.54) is 31.1 Å². The van der Waals surface area contributed by atoms with Gasteiger partial charge in [-0.3, -0.25) is 0 Å². The van der Waals surface area contributed by atoms with Gasteiger partial charge in [-0.2, -0.15) is 4.39 Å². The van der Waals surface area contributed by atoms with Crippen LogP contribution in [0.1, 0.15) is 43.9 Å². The SMILES string of the molecule is COc1cc(C)ccc1CN(c1cccc(F)n1)S(=O)(=O)c1c(F)cc(N(C)[C@H]2CCN(C(=O)OC(C)(C)C)C2)c(C)c1F. The van der Waals surface area contributed by atoms with Crippen LogP contribution in [0.5, 0.6) is 5.75 Å². The summed E-state index contributed by atoms with van der Waals surface area (Å²) in [7, 11) is -1.94. The fourth-order valence-corrected chi connectivity index (χ4v) is 6.67. The average Bonchev–Trinajstić information content (AvgIpc) is 3.43. The van der Waals surface area contributed by atoms with E-state index in [4.69, 9.17) is 9.47 Å². The zero-order chi connectivity index (χ0) is 32.6. The number of rotatable bonds is 8. The lowest BCUT2D eigenvalue weighted by Gasteiger charge is -2.30. The third-order valence-corrected chi connectivity index (χ3v) is 9.18. The van der Waals surface area contributed by atoms with Gasteiger partial charge in [0, 0.05) is 43.0 Å². The molecule has 2 heterocycles. The Morgan fingerprint density at radius 3 is 2.45 bits per heavy atom. The van der Waals surface area contributed by atoms with Crippen LogP contribution in [0, 0.1) is 31.4 Å². The number of amides is 1. The van der Waals surface area contributed by atoms with Gasteiger partial charge in [0.25, 0.3) is 10.0 Å². The number of methoxy groups -OCH3 is 1. The Morgan fingerprint density at radius 1 is 1.11 bits per heavy atom. The molecule has 1 atom stereocenters. The minimum absolute atomic E-state index is 0.108. The summed E-state index contributed by atoms with van der Waals surface area (Å²) in [4.78, 5) is 18.2. The topological polar surface area (TPSA) is 92.3 Å². The maximum atomic E-state index is 16.1. The molecular weight excluding hydrogens is 597 g/mol. The van der Waals surface area contributed by atoms with Gasteiger partial charge >= 0.3 is 6.09 Å². The lowest BCUT2D eigenvalue weighted by Crippen LogP contribution is -2.39. The number of pyridine rings is 1. The maximum Gasteiger partial charge on any atom is 0.410 e. The predicted molar refractivity (Wildman–Crippen MR) is 161 cm³/mol. The van der Waals surface area contributed by atoms with Crippen molar-refractivity contribution in [3.8, 4) is 5.75 Å². The van der Waals surface area contributed by atoms with Crippen molar-refractivity contribution < 1.29 is 35.9 Å². The average molecular weight is 635 g/mol. The second-order valence-corrected chi connectivity index (χ2v) is 13.6. The number of likely N-dealkylation sites (N-methyl/N-ethyl adjacent to an activating group) is 1. The highest BCUT2D eigenvalue weighted by atomic mass is 32.2. The van der Waals surface area contributed by atoms with Gasteiger partial charge in [0.2, 0.25) is 5.95 Å². The van der Waals surface area contributed by atoms with E-state index in [0.717, 1.165) is 17.7 Å². The molecule has 3 aromatic rings. The molecule has 238 valence electrons. The normalized spacial score (nSPS) is 15.3. The first-order valence-electron chi connectivity index (χ1n) is 14.0. The summed E-state index contributed by atoms with van der Waals surface area (Å²) < 4.78 is 85.7. The molecule has 9 nitrogen and oxygen atoms in total. The van der Waals surface area contributed by atoms with Crippen LogP contribution >= 0.6 is 0 Å². The number of hydrogen-bond acceptors (Lipinski definition) is 7. The summed E-state index contributed by atoms with van der Waals surface area (Å²) in [5.74, 6) is -3.60. The van der Waals surface area contributed by atoms with Crippen LogP contribution in [0.2, 0.25) is 0 Å². The van der Waals surface area contributed by atoms with Crippen LogP contribution in [0.25, 0.3) is 0 Å². The zero-order valence-corrected chi connectivity index (χ0v) is 26.6.